The van der Waals surface area contributed by atoms with E-state index in [9.17, 15) is 17.6 Å². The van der Waals surface area contributed by atoms with Gasteiger partial charge in [-0.15, -0.1) is 0 Å². The van der Waals surface area contributed by atoms with E-state index in [1.54, 1.807) is 6.07 Å². The van der Waals surface area contributed by atoms with E-state index >= 15 is 0 Å². The van der Waals surface area contributed by atoms with Gasteiger partial charge in [-0.05, 0) is 54.7 Å². The molecular weight excluding hydrogens is 405 g/mol. The lowest BCUT2D eigenvalue weighted by Crippen LogP contribution is -2.42. The van der Waals surface area contributed by atoms with Crippen LogP contribution in [0, 0.1) is 17.7 Å². The number of hydrogen-bond acceptors (Lipinski definition) is 4. The maximum atomic E-state index is 13.7. The van der Waals surface area contributed by atoms with Gasteiger partial charge in [-0.1, -0.05) is 26.0 Å². The molecule has 2 N–H and O–H groups in total. The van der Waals surface area contributed by atoms with Gasteiger partial charge in [0.05, 0.1) is 10.6 Å². The Hall–Kier alpha value is -2.45. The van der Waals surface area contributed by atoms with Crippen LogP contribution in [0.1, 0.15) is 30.6 Å². The molecule has 30 heavy (non-hydrogen) atoms. The second-order valence-corrected chi connectivity index (χ2v) is 9.75. The quantitative estimate of drug-likeness (QED) is 0.702. The van der Waals surface area contributed by atoms with Crippen LogP contribution in [-0.2, 0) is 10.0 Å². The van der Waals surface area contributed by atoms with Crippen LogP contribution in [0.3, 0.4) is 0 Å². The normalized spacial score (nSPS) is 20.0. The zero-order chi connectivity index (χ0) is 21.7. The van der Waals surface area contributed by atoms with E-state index in [1.165, 1.54) is 48.9 Å². The molecule has 2 unspecified atom stereocenters. The van der Waals surface area contributed by atoms with Gasteiger partial charge in [-0.3, -0.25) is 9.52 Å². The van der Waals surface area contributed by atoms with Crippen LogP contribution in [0.2, 0.25) is 0 Å². The topological polar surface area (TPSA) is 78.5 Å². The first-order valence-electron chi connectivity index (χ1n) is 10.1. The third kappa shape index (κ3) is 5.79. The van der Waals surface area contributed by atoms with Crippen LogP contribution >= 0.6 is 0 Å². The maximum Gasteiger partial charge on any atom is 0.261 e. The summed E-state index contributed by atoms with van der Waals surface area (Å²) in [5.74, 6) is 0.419. The summed E-state index contributed by atoms with van der Waals surface area (Å²) in [7, 11) is -3.95. The van der Waals surface area contributed by atoms with Crippen molar-refractivity contribution >= 4 is 21.6 Å². The maximum absolute atomic E-state index is 13.7. The third-order valence-electron chi connectivity index (χ3n) is 5.20. The van der Waals surface area contributed by atoms with Gasteiger partial charge in [0.25, 0.3) is 15.9 Å². The predicted molar refractivity (Wildman–Crippen MR) is 115 cm³/mol. The summed E-state index contributed by atoms with van der Waals surface area (Å²) in [4.78, 5) is 14.7. The molecule has 162 valence electrons. The van der Waals surface area contributed by atoms with Gasteiger partial charge in [0, 0.05) is 31.7 Å². The molecule has 1 amide bonds. The summed E-state index contributed by atoms with van der Waals surface area (Å²) >= 11 is 0. The number of para-hydroxylation sites is 1. The Morgan fingerprint density at radius 3 is 2.33 bits per heavy atom. The lowest BCUT2D eigenvalue weighted by molar-refractivity contribution is 0.0936. The predicted octanol–water partition coefficient (Wildman–Crippen LogP) is 3.33. The van der Waals surface area contributed by atoms with Crippen molar-refractivity contribution in [3.8, 4) is 0 Å². The van der Waals surface area contributed by atoms with Crippen molar-refractivity contribution in [2.24, 2.45) is 11.8 Å². The molecule has 0 bridgehead atoms. The van der Waals surface area contributed by atoms with E-state index in [0.717, 1.165) is 19.6 Å². The second kappa shape index (κ2) is 9.57. The molecule has 8 heteroatoms. The van der Waals surface area contributed by atoms with Crippen molar-refractivity contribution in [2.45, 2.75) is 25.2 Å². The SMILES string of the molecule is CC1CC(C)CN(CCNC(=O)c2ccc(S(=O)(=O)Nc3ccccc3F)cc2)C1. The van der Waals surface area contributed by atoms with Gasteiger partial charge in [-0.25, -0.2) is 12.8 Å². The van der Waals surface area contributed by atoms with E-state index in [0.29, 0.717) is 23.9 Å². The molecule has 0 aromatic heterocycles. The number of likely N-dealkylation sites (tertiary alicyclic amines) is 1. The largest absolute Gasteiger partial charge is 0.351 e. The van der Waals surface area contributed by atoms with Crippen LogP contribution in [0.5, 0.6) is 0 Å². The Bertz CT molecular complexity index is 969. The number of halogens is 1. The summed E-state index contributed by atoms with van der Waals surface area (Å²) in [6, 6.07) is 11.1. The smallest absolute Gasteiger partial charge is 0.261 e. The van der Waals surface area contributed by atoms with Gasteiger partial charge < -0.3 is 10.2 Å². The number of carbonyl (C=O) groups excluding carboxylic acids is 1. The highest BCUT2D eigenvalue weighted by molar-refractivity contribution is 7.92. The molecule has 0 spiro atoms. The van der Waals surface area contributed by atoms with E-state index in [2.05, 4.69) is 28.8 Å². The molecule has 0 saturated carbocycles. The van der Waals surface area contributed by atoms with Crippen molar-refractivity contribution in [2.75, 3.05) is 30.9 Å². The molecule has 1 saturated heterocycles. The summed E-state index contributed by atoms with van der Waals surface area (Å²) in [6.45, 7) is 7.91. The molecule has 0 aliphatic carbocycles. The molecular formula is C22H28FN3O3S. The zero-order valence-corrected chi connectivity index (χ0v) is 18.1. The van der Waals surface area contributed by atoms with Gasteiger partial charge in [0.1, 0.15) is 5.82 Å². The van der Waals surface area contributed by atoms with E-state index < -0.39 is 15.8 Å². The summed E-state index contributed by atoms with van der Waals surface area (Å²) in [5, 5.41) is 2.89. The Morgan fingerprint density at radius 1 is 1.07 bits per heavy atom. The number of nitrogens with one attached hydrogen (secondary N) is 2. The van der Waals surface area contributed by atoms with Crippen LogP contribution in [-0.4, -0.2) is 45.4 Å². The van der Waals surface area contributed by atoms with Gasteiger partial charge in [0.15, 0.2) is 0 Å². The average Bonchev–Trinajstić information content (AvgIpc) is 2.69. The lowest BCUT2D eigenvalue weighted by atomic mass is 9.92. The van der Waals surface area contributed by atoms with Crippen molar-refractivity contribution in [3.63, 3.8) is 0 Å². The van der Waals surface area contributed by atoms with E-state index in [1.807, 2.05) is 0 Å². The second-order valence-electron chi connectivity index (χ2n) is 8.07. The van der Waals surface area contributed by atoms with Crippen molar-refractivity contribution in [3.05, 3.63) is 59.9 Å². The fourth-order valence-electron chi connectivity index (χ4n) is 3.94. The van der Waals surface area contributed by atoms with Gasteiger partial charge in [0.2, 0.25) is 0 Å². The Kier molecular flexibility index (Phi) is 7.10. The van der Waals surface area contributed by atoms with Crippen LogP contribution < -0.4 is 10.0 Å². The molecule has 6 nitrogen and oxygen atoms in total. The Labute approximate surface area is 177 Å². The van der Waals surface area contributed by atoms with Crippen LogP contribution in [0.25, 0.3) is 0 Å². The number of sulfonamides is 1. The minimum absolute atomic E-state index is 0.0430. The van der Waals surface area contributed by atoms with E-state index in [4.69, 9.17) is 0 Å². The fraction of sp³-hybridized carbons (Fsp3) is 0.409. The average molecular weight is 434 g/mol. The van der Waals surface area contributed by atoms with Crippen molar-refractivity contribution in [1.29, 1.82) is 0 Å². The first kappa shape index (κ1) is 22.2. The molecule has 1 aliphatic rings. The molecule has 2 atom stereocenters. The molecule has 0 radical (unpaired) electrons. The number of rotatable bonds is 7. The number of hydrogen-bond donors (Lipinski definition) is 2. The van der Waals surface area contributed by atoms with Crippen molar-refractivity contribution < 1.29 is 17.6 Å². The summed E-state index contributed by atoms with van der Waals surface area (Å²) in [5.41, 5.74) is 0.251. The number of anilines is 1. The van der Waals surface area contributed by atoms with Crippen LogP contribution in [0.15, 0.2) is 53.4 Å². The van der Waals surface area contributed by atoms with Crippen molar-refractivity contribution in [1.82, 2.24) is 10.2 Å². The van der Waals surface area contributed by atoms with E-state index in [-0.39, 0.29) is 16.5 Å². The molecule has 3 rings (SSSR count). The van der Waals surface area contributed by atoms with Gasteiger partial charge in [-0.2, -0.15) is 0 Å². The highest BCUT2D eigenvalue weighted by Gasteiger charge is 2.21. The first-order valence-corrected chi connectivity index (χ1v) is 11.6. The Balaban J connectivity index is 1.55. The van der Waals surface area contributed by atoms with Crippen LogP contribution in [0.4, 0.5) is 10.1 Å². The summed E-state index contributed by atoms with van der Waals surface area (Å²) in [6.07, 6.45) is 1.24. The first-order chi connectivity index (χ1) is 14.2. The van der Waals surface area contributed by atoms with Gasteiger partial charge >= 0.3 is 0 Å². The standard InChI is InChI=1S/C22H28FN3O3S/c1-16-13-17(2)15-26(14-16)12-11-24-22(27)18-7-9-19(10-8-18)30(28,29)25-21-6-4-3-5-20(21)23/h3-10,16-17,25H,11-15H2,1-2H3,(H,24,27). The molecule has 1 aliphatic heterocycles. The summed E-state index contributed by atoms with van der Waals surface area (Å²) < 4.78 is 40.8. The minimum atomic E-state index is -3.95. The minimum Gasteiger partial charge on any atom is -0.351 e. The lowest BCUT2D eigenvalue weighted by Gasteiger charge is -2.34. The monoisotopic (exact) mass is 433 g/mol. The zero-order valence-electron chi connectivity index (χ0n) is 17.3. The number of piperidine rings is 1. The number of benzene rings is 2. The molecule has 2 aromatic carbocycles. The number of carbonyl (C=O) groups is 1. The fourth-order valence-corrected chi connectivity index (χ4v) is 5.00. The molecule has 1 heterocycles. The third-order valence-corrected chi connectivity index (χ3v) is 6.58. The number of amides is 1. The highest BCUT2D eigenvalue weighted by atomic mass is 32.2. The molecule has 1 fully saturated rings. The highest BCUT2D eigenvalue weighted by Crippen LogP contribution is 2.21. The number of nitrogens with zero attached hydrogens (tertiary/aromatic N) is 1. The Morgan fingerprint density at radius 2 is 1.70 bits per heavy atom. The molecule has 2 aromatic rings.